The van der Waals surface area contributed by atoms with Gasteiger partial charge in [0.05, 0.1) is 18.0 Å². The molecule has 2 bridgehead atoms. The topological polar surface area (TPSA) is 91.6 Å². The van der Waals surface area contributed by atoms with Gasteiger partial charge in [0.25, 0.3) is 5.56 Å². The highest BCUT2D eigenvalue weighted by Gasteiger charge is 2.57. The first-order valence-electron chi connectivity index (χ1n) is 11.6. The Morgan fingerprint density at radius 3 is 2.45 bits per heavy atom. The number of benzene rings is 1. The highest BCUT2D eigenvalue weighted by Crippen LogP contribution is 2.48. The number of aliphatic hydroxyl groups excluding tert-OH is 1. The van der Waals surface area contributed by atoms with E-state index in [2.05, 4.69) is 17.4 Å². The molecule has 2 aliphatic heterocycles. The number of aromatic nitrogens is 1. The van der Waals surface area contributed by atoms with Crippen LogP contribution in [0.2, 0.25) is 0 Å². The normalized spacial score (nSPS) is 25.8. The number of amides is 2. The lowest BCUT2D eigenvalue weighted by Gasteiger charge is -2.37. The summed E-state index contributed by atoms with van der Waals surface area (Å²) in [5.41, 5.74) is 3.58. The van der Waals surface area contributed by atoms with Gasteiger partial charge < -0.3 is 19.9 Å². The third kappa shape index (κ3) is 3.42. The van der Waals surface area contributed by atoms with Crippen LogP contribution in [0.5, 0.6) is 0 Å². The molecule has 0 saturated carbocycles. The van der Waals surface area contributed by atoms with E-state index in [0.717, 1.165) is 12.8 Å². The fourth-order valence-electron chi connectivity index (χ4n) is 6.12. The molecule has 1 fully saturated rings. The van der Waals surface area contributed by atoms with Gasteiger partial charge in [-0.25, -0.2) is 0 Å². The lowest BCUT2D eigenvalue weighted by atomic mass is 9.86. The summed E-state index contributed by atoms with van der Waals surface area (Å²) in [7, 11) is 0. The quantitative estimate of drug-likeness (QED) is 0.746. The molecule has 2 amide bonds. The van der Waals surface area contributed by atoms with E-state index in [1.807, 2.05) is 31.2 Å². The number of nitrogens with zero attached hydrogens (tertiary/aromatic N) is 2. The zero-order chi connectivity index (χ0) is 23.3. The SMILES string of the molecule is C/C=C/c1ccc2n(c1=O)C[C@H]1[C@H](CO)[C@@H](C(=O)NC3Cc4ccccc4C3)[C@@H]2N1C(C)=O. The summed E-state index contributed by atoms with van der Waals surface area (Å²) >= 11 is 0. The molecule has 2 aromatic rings. The maximum Gasteiger partial charge on any atom is 0.258 e. The van der Waals surface area contributed by atoms with Crippen molar-refractivity contribution in [1.29, 1.82) is 0 Å². The van der Waals surface area contributed by atoms with Crippen LogP contribution in [-0.4, -0.2) is 45.1 Å². The molecule has 0 radical (unpaired) electrons. The van der Waals surface area contributed by atoms with Gasteiger partial charge in [0.15, 0.2) is 0 Å². The van der Waals surface area contributed by atoms with Gasteiger partial charge in [-0.05, 0) is 43.0 Å². The molecule has 0 spiro atoms. The van der Waals surface area contributed by atoms with E-state index in [1.54, 1.807) is 21.6 Å². The Hall–Kier alpha value is -3.19. The summed E-state index contributed by atoms with van der Waals surface area (Å²) < 4.78 is 1.69. The van der Waals surface area contributed by atoms with E-state index in [9.17, 15) is 19.5 Å². The average Bonchev–Trinajstić information content (AvgIpc) is 3.31. The number of rotatable bonds is 4. The van der Waals surface area contributed by atoms with Crippen LogP contribution in [0.1, 0.15) is 42.3 Å². The Kier molecular flexibility index (Phi) is 5.44. The third-order valence-corrected chi connectivity index (χ3v) is 7.48. The molecule has 3 heterocycles. The van der Waals surface area contributed by atoms with E-state index >= 15 is 0 Å². The van der Waals surface area contributed by atoms with Crippen LogP contribution in [0.15, 0.2) is 47.3 Å². The van der Waals surface area contributed by atoms with Gasteiger partial charge in [0.1, 0.15) is 0 Å². The van der Waals surface area contributed by atoms with Gasteiger partial charge >= 0.3 is 0 Å². The summed E-state index contributed by atoms with van der Waals surface area (Å²) in [6.07, 6.45) is 5.12. The number of aliphatic hydroxyl groups is 1. The molecule has 0 unspecified atom stereocenters. The molecule has 4 atom stereocenters. The van der Waals surface area contributed by atoms with Gasteiger partial charge in [-0.2, -0.15) is 0 Å². The van der Waals surface area contributed by atoms with Crippen molar-refractivity contribution < 1.29 is 14.7 Å². The van der Waals surface area contributed by atoms with Gasteiger partial charge in [0.2, 0.25) is 11.8 Å². The molecule has 172 valence electrons. The Labute approximate surface area is 192 Å². The maximum absolute atomic E-state index is 13.6. The Bertz CT molecular complexity index is 1180. The van der Waals surface area contributed by atoms with E-state index in [-0.39, 0.29) is 36.6 Å². The summed E-state index contributed by atoms with van der Waals surface area (Å²) in [5, 5.41) is 13.5. The molecule has 1 saturated heterocycles. The molecule has 7 heteroatoms. The molecular formula is C26H29N3O4. The van der Waals surface area contributed by atoms with Crippen molar-refractivity contribution in [2.75, 3.05) is 6.61 Å². The number of fused-ring (bicyclic) bond motifs is 5. The highest BCUT2D eigenvalue weighted by molar-refractivity contribution is 5.84. The minimum absolute atomic E-state index is 0.0141. The second-order valence-corrected chi connectivity index (χ2v) is 9.32. The second kappa shape index (κ2) is 8.30. The fourth-order valence-corrected chi connectivity index (χ4v) is 6.12. The van der Waals surface area contributed by atoms with Crippen LogP contribution in [-0.2, 0) is 29.0 Å². The van der Waals surface area contributed by atoms with E-state index in [4.69, 9.17) is 0 Å². The summed E-state index contributed by atoms with van der Waals surface area (Å²) in [4.78, 5) is 41.1. The van der Waals surface area contributed by atoms with Crippen LogP contribution in [0.3, 0.4) is 0 Å². The van der Waals surface area contributed by atoms with Gasteiger partial charge in [-0.1, -0.05) is 36.4 Å². The number of pyridine rings is 1. The standard InChI is InChI=1S/C26H29N3O4/c1-3-6-16-9-10-21-24-23(25(32)27-19-11-17-7-4-5-8-18(17)12-19)20(14-30)22(29(24)15(2)31)13-28(21)26(16)33/h3-10,19-20,22-24,30H,11-14H2,1-2H3,(H,27,32)/b6-3+/t20-,22-,23+,24+/m0/s1. The number of hydrogen-bond donors (Lipinski definition) is 2. The Balaban J connectivity index is 1.51. The van der Waals surface area contributed by atoms with Crippen LogP contribution in [0.25, 0.3) is 6.08 Å². The first-order valence-corrected chi connectivity index (χ1v) is 11.6. The van der Waals surface area contributed by atoms with Crippen molar-refractivity contribution in [3.63, 3.8) is 0 Å². The number of nitrogens with one attached hydrogen (secondary N) is 1. The summed E-state index contributed by atoms with van der Waals surface area (Å²) in [5.74, 6) is -1.37. The van der Waals surface area contributed by atoms with E-state index in [1.165, 1.54) is 18.1 Å². The van der Waals surface area contributed by atoms with Crippen molar-refractivity contribution >= 4 is 17.9 Å². The minimum Gasteiger partial charge on any atom is -0.396 e. The van der Waals surface area contributed by atoms with Gasteiger partial charge in [0, 0.05) is 43.3 Å². The lowest BCUT2D eigenvalue weighted by molar-refractivity contribution is -0.134. The Morgan fingerprint density at radius 2 is 1.85 bits per heavy atom. The second-order valence-electron chi connectivity index (χ2n) is 9.32. The lowest BCUT2D eigenvalue weighted by Crippen LogP contribution is -2.48. The minimum atomic E-state index is -0.617. The van der Waals surface area contributed by atoms with Crippen molar-refractivity contribution in [3.8, 4) is 0 Å². The molecule has 7 nitrogen and oxygen atoms in total. The molecule has 3 aliphatic rings. The van der Waals surface area contributed by atoms with E-state index < -0.39 is 23.9 Å². The number of allylic oxidation sites excluding steroid dienone is 1. The third-order valence-electron chi connectivity index (χ3n) is 7.48. The fraction of sp³-hybridized carbons (Fsp3) is 0.423. The average molecular weight is 448 g/mol. The smallest absolute Gasteiger partial charge is 0.258 e. The van der Waals surface area contributed by atoms with Crippen LogP contribution >= 0.6 is 0 Å². The van der Waals surface area contributed by atoms with Crippen LogP contribution in [0.4, 0.5) is 0 Å². The molecule has 1 aliphatic carbocycles. The monoisotopic (exact) mass is 447 g/mol. The zero-order valence-electron chi connectivity index (χ0n) is 18.9. The molecule has 5 rings (SSSR count). The van der Waals surface area contributed by atoms with Crippen molar-refractivity contribution in [3.05, 3.63) is 75.2 Å². The number of carbonyl (C=O) groups excluding carboxylic acids is 2. The first-order chi connectivity index (χ1) is 15.9. The van der Waals surface area contributed by atoms with Gasteiger partial charge in [-0.15, -0.1) is 0 Å². The molecular weight excluding hydrogens is 418 g/mol. The van der Waals surface area contributed by atoms with Crippen molar-refractivity contribution in [2.45, 2.75) is 51.4 Å². The molecule has 1 aromatic carbocycles. The predicted molar refractivity (Wildman–Crippen MR) is 124 cm³/mol. The van der Waals surface area contributed by atoms with Crippen LogP contribution in [0, 0.1) is 11.8 Å². The molecule has 33 heavy (non-hydrogen) atoms. The molecule has 2 N–H and O–H groups in total. The number of hydrogen-bond acceptors (Lipinski definition) is 4. The first kappa shape index (κ1) is 21.6. The van der Waals surface area contributed by atoms with E-state index in [0.29, 0.717) is 11.3 Å². The number of carbonyl (C=O) groups is 2. The molecule has 1 aromatic heterocycles. The largest absolute Gasteiger partial charge is 0.396 e. The zero-order valence-corrected chi connectivity index (χ0v) is 18.9. The maximum atomic E-state index is 13.6. The van der Waals surface area contributed by atoms with Crippen LogP contribution < -0.4 is 10.9 Å². The summed E-state index contributed by atoms with van der Waals surface area (Å²) in [6, 6.07) is 10.8. The highest BCUT2D eigenvalue weighted by atomic mass is 16.3. The van der Waals surface area contributed by atoms with Crippen molar-refractivity contribution in [2.24, 2.45) is 11.8 Å². The van der Waals surface area contributed by atoms with Gasteiger partial charge in [-0.3, -0.25) is 14.4 Å². The summed E-state index contributed by atoms with van der Waals surface area (Å²) in [6.45, 7) is 3.40. The Morgan fingerprint density at radius 1 is 1.15 bits per heavy atom. The van der Waals surface area contributed by atoms with Crippen molar-refractivity contribution in [1.82, 2.24) is 14.8 Å². The predicted octanol–water partition coefficient (Wildman–Crippen LogP) is 1.68.